The van der Waals surface area contributed by atoms with Gasteiger partial charge in [-0.15, -0.1) is 0 Å². The SMILES string of the molecule is CC.CC.CC1=CC2=CC=NC3=NC=NC(=N1)N23. The highest BCUT2D eigenvalue weighted by molar-refractivity contribution is 6.13. The number of hydrogen-bond donors (Lipinski definition) is 0. The maximum atomic E-state index is 4.30. The minimum atomic E-state index is 0.625. The van der Waals surface area contributed by atoms with E-state index >= 15 is 0 Å². The molecule has 0 aromatic rings. The van der Waals surface area contributed by atoms with Crippen LogP contribution in [0.15, 0.2) is 43.5 Å². The van der Waals surface area contributed by atoms with Crippen LogP contribution in [0, 0.1) is 0 Å². The summed E-state index contributed by atoms with van der Waals surface area (Å²) in [7, 11) is 0. The first kappa shape index (κ1) is 14.0. The molecule has 5 nitrogen and oxygen atoms in total. The molecule has 0 radical (unpaired) electrons. The first-order valence-electron chi connectivity index (χ1n) is 6.26. The molecule has 0 aromatic carbocycles. The summed E-state index contributed by atoms with van der Waals surface area (Å²) in [5.74, 6) is 1.26. The van der Waals surface area contributed by atoms with Gasteiger partial charge in [0, 0.05) is 11.9 Å². The molecule has 0 unspecified atom stereocenters. The Balaban J connectivity index is 0.000000371. The van der Waals surface area contributed by atoms with E-state index in [0.29, 0.717) is 11.9 Å². The molecular formula is C13H19N5. The zero-order chi connectivity index (χ0) is 13.5. The Morgan fingerprint density at radius 3 is 2.44 bits per heavy atom. The Bertz CT molecular complexity index is 476. The topological polar surface area (TPSA) is 52.7 Å². The molecule has 3 aliphatic heterocycles. The summed E-state index contributed by atoms with van der Waals surface area (Å²) in [5, 5.41) is 0. The maximum Gasteiger partial charge on any atom is 0.238 e. The monoisotopic (exact) mass is 245 g/mol. The third kappa shape index (κ3) is 2.61. The Morgan fingerprint density at radius 2 is 1.72 bits per heavy atom. The van der Waals surface area contributed by atoms with Gasteiger partial charge in [-0.25, -0.2) is 24.9 Å². The lowest BCUT2D eigenvalue weighted by atomic mass is 10.2. The molecule has 0 N–H and O–H groups in total. The van der Waals surface area contributed by atoms with Gasteiger partial charge in [0.15, 0.2) is 0 Å². The van der Waals surface area contributed by atoms with Crippen LogP contribution < -0.4 is 0 Å². The molecule has 0 aliphatic carbocycles. The minimum Gasteiger partial charge on any atom is -0.246 e. The number of nitrogens with zero attached hydrogens (tertiary/aromatic N) is 5. The molecule has 0 amide bonds. The third-order valence-corrected chi connectivity index (χ3v) is 2.07. The molecule has 3 aliphatic rings. The van der Waals surface area contributed by atoms with Gasteiger partial charge in [-0.3, -0.25) is 0 Å². The van der Waals surface area contributed by atoms with Crippen molar-refractivity contribution < 1.29 is 0 Å². The molecule has 0 fully saturated rings. The highest BCUT2D eigenvalue weighted by atomic mass is 15.4. The number of allylic oxidation sites excluding steroid dienone is 3. The second kappa shape index (κ2) is 6.64. The molecule has 3 heterocycles. The smallest absolute Gasteiger partial charge is 0.238 e. The van der Waals surface area contributed by atoms with E-state index in [4.69, 9.17) is 0 Å². The predicted molar refractivity (Wildman–Crippen MR) is 78.2 cm³/mol. The van der Waals surface area contributed by atoms with Crippen LogP contribution in [-0.4, -0.2) is 29.4 Å². The lowest BCUT2D eigenvalue weighted by Crippen LogP contribution is -2.39. The fraction of sp³-hybridized carbons (Fsp3) is 0.385. The first-order chi connectivity index (χ1) is 8.84. The van der Waals surface area contributed by atoms with Gasteiger partial charge >= 0.3 is 0 Å². The van der Waals surface area contributed by atoms with Crippen molar-refractivity contribution in [2.75, 3.05) is 0 Å². The van der Waals surface area contributed by atoms with Gasteiger partial charge in [0.1, 0.15) is 6.34 Å². The Kier molecular flexibility index (Phi) is 5.17. The Hall–Kier alpha value is -2.04. The van der Waals surface area contributed by atoms with Crippen LogP contribution in [0.4, 0.5) is 0 Å². The molecule has 96 valence electrons. The largest absolute Gasteiger partial charge is 0.246 e. The van der Waals surface area contributed by atoms with Crippen molar-refractivity contribution in [3.05, 3.63) is 23.5 Å². The standard InChI is InChI=1S/C9H7N5.2C2H6/c1-6-4-7-2-3-10-8-11-5-12-9(13-6)14(7)8;2*1-2/h2-5H,1H3;2*1-2H3. The van der Waals surface area contributed by atoms with Gasteiger partial charge < -0.3 is 0 Å². The van der Waals surface area contributed by atoms with Crippen LogP contribution in [0.2, 0.25) is 0 Å². The summed E-state index contributed by atoms with van der Waals surface area (Å²) in [4.78, 5) is 18.4. The van der Waals surface area contributed by atoms with Crippen molar-refractivity contribution in [1.29, 1.82) is 0 Å². The fourth-order valence-electron chi connectivity index (χ4n) is 1.51. The summed E-state index contributed by atoms with van der Waals surface area (Å²) in [6.45, 7) is 9.94. The van der Waals surface area contributed by atoms with Gasteiger partial charge in [0.25, 0.3) is 0 Å². The van der Waals surface area contributed by atoms with Crippen LogP contribution >= 0.6 is 0 Å². The molecule has 0 atom stereocenters. The van der Waals surface area contributed by atoms with Crippen molar-refractivity contribution in [1.82, 2.24) is 4.90 Å². The first-order valence-corrected chi connectivity index (χ1v) is 6.26. The van der Waals surface area contributed by atoms with Crippen molar-refractivity contribution in [3.8, 4) is 0 Å². The van der Waals surface area contributed by atoms with Crippen molar-refractivity contribution in [2.24, 2.45) is 20.0 Å². The van der Waals surface area contributed by atoms with Crippen molar-refractivity contribution >= 4 is 24.5 Å². The zero-order valence-electron chi connectivity index (χ0n) is 11.5. The number of aliphatic imine (C=N–C) groups is 4. The summed E-state index contributed by atoms with van der Waals surface area (Å²) in [6, 6.07) is 0. The molecule has 0 saturated carbocycles. The van der Waals surface area contributed by atoms with E-state index in [1.54, 1.807) is 6.21 Å². The normalized spacial score (nSPS) is 17.9. The molecule has 0 spiro atoms. The van der Waals surface area contributed by atoms with Crippen LogP contribution in [0.25, 0.3) is 0 Å². The van der Waals surface area contributed by atoms with E-state index in [0.717, 1.165) is 11.4 Å². The maximum absolute atomic E-state index is 4.30. The second-order valence-corrected chi connectivity index (χ2v) is 3.08. The minimum absolute atomic E-state index is 0.625. The van der Waals surface area contributed by atoms with Gasteiger partial charge in [-0.2, -0.15) is 0 Å². The molecule has 0 aromatic heterocycles. The average Bonchev–Trinajstić information content (AvgIpc) is 2.43. The third-order valence-electron chi connectivity index (χ3n) is 2.07. The van der Waals surface area contributed by atoms with E-state index in [2.05, 4.69) is 20.0 Å². The molecule has 5 heteroatoms. The fourth-order valence-corrected chi connectivity index (χ4v) is 1.51. The number of rotatable bonds is 0. The van der Waals surface area contributed by atoms with E-state index in [9.17, 15) is 0 Å². The number of guanidine groups is 2. The molecule has 3 rings (SSSR count). The van der Waals surface area contributed by atoms with E-state index in [-0.39, 0.29) is 0 Å². The van der Waals surface area contributed by atoms with E-state index in [1.165, 1.54) is 6.34 Å². The lowest BCUT2D eigenvalue weighted by molar-refractivity contribution is 0.730. The molecular weight excluding hydrogens is 226 g/mol. The highest BCUT2D eigenvalue weighted by Crippen LogP contribution is 2.22. The second-order valence-electron chi connectivity index (χ2n) is 3.08. The number of hydrogen-bond acceptors (Lipinski definition) is 5. The summed E-state index contributed by atoms with van der Waals surface area (Å²) >= 11 is 0. The summed E-state index contributed by atoms with van der Waals surface area (Å²) in [6.07, 6.45) is 7.10. The van der Waals surface area contributed by atoms with Gasteiger partial charge in [-0.05, 0) is 19.1 Å². The predicted octanol–water partition coefficient (Wildman–Crippen LogP) is 2.98. The Labute approximate surface area is 108 Å². The van der Waals surface area contributed by atoms with E-state index < -0.39 is 0 Å². The average molecular weight is 245 g/mol. The Morgan fingerprint density at radius 1 is 1.00 bits per heavy atom. The summed E-state index contributed by atoms with van der Waals surface area (Å²) in [5.41, 5.74) is 1.95. The quantitative estimate of drug-likeness (QED) is 0.647. The van der Waals surface area contributed by atoms with Gasteiger partial charge in [0.2, 0.25) is 11.9 Å². The molecule has 0 saturated heterocycles. The summed E-state index contributed by atoms with van der Waals surface area (Å²) < 4.78 is 0. The molecule has 18 heavy (non-hydrogen) atoms. The molecule has 0 bridgehead atoms. The van der Waals surface area contributed by atoms with E-state index in [1.807, 2.05) is 51.7 Å². The van der Waals surface area contributed by atoms with Crippen molar-refractivity contribution in [2.45, 2.75) is 34.6 Å². The lowest BCUT2D eigenvalue weighted by Gasteiger charge is -2.29. The highest BCUT2D eigenvalue weighted by Gasteiger charge is 2.26. The van der Waals surface area contributed by atoms with Crippen molar-refractivity contribution in [3.63, 3.8) is 0 Å². The van der Waals surface area contributed by atoms with Crippen LogP contribution in [0.3, 0.4) is 0 Å². The van der Waals surface area contributed by atoms with Crippen LogP contribution in [-0.2, 0) is 0 Å². The van der Waals surface area contributed by atoms with Gasteiger partial charge in [0.05, 0.1) is 5.70 Å². The van der Waals surface area contributed by atoms with Crippen LogP contribution in [0.5, 0.6) is 0 Å². The zero-order valence-corrected chi connectivity index (χ0v) is 11.5. The van der Waals surface area contributed by atoms with Crippen LogP contribution in [0.1, 0.15) is 34.6 Å². The van der Waals surface area contributed by atoms with Gasteiger partial charge in [-0.1, -0.05) is 27.7 Å².